The lowest BCUT2D eigenvalue weighted by molar-refractivity contribution is -0.116. The zero-order valence-electron chi connectivity index (χ0n) is 14.2. The van der Waals surface area contributed by atoms with E-state index in [0.717, 1.165) is 16.8 Å². The Morgan fingerprint density at radius 3 is 2.42 bits per heavy atom. The lowest BCUT2D eigenvalue weighted by Gasteiger charge is -2.10. The van der Waals surface area contributed by atoms with Crippen LogP contribution < -0.4 is 10.6 Å². The first kappa shape index (κ1) is 17.7. The third-order valence-corrected chi connectivity index (χ3v) is 3.52. The van der Waals surface area contributed by atoms with Crippen molar-refractivity contribution in [1.29, 1.82) is 5.26 Å². The maximum Gasteiger partial charge on any atom is 0.224 e. The fraction of sp³-hybridized carbons (Fsp3) is 0.300. The van der Waals surface area contributed by atoms with E-state index in [0.29, 0.717) is 31.0 Å². The van der Waals surface area contributed by atoms with Gasteiger partial charge in [0.05, 0.1) is 11.6 Å². The van der Waals surface area contributed by atoms with Crippen LogP contribution in [0, 0.1) is 17.2 Å². The average Bonchev–Trinajstić information content (AvgIpc) is 2.54. The van der Waals surface area contributed by atoms with Gasteiger partial charge in [0.25, 0.3) is 0 Å². The molecule has 2 rings (SSSR count). The van der Waals surface area contributed by atoms with Crippen molar-refractivity contribution in [3.8, 4) is 6.07 Å². The van der Waals surface area contributed by atoms with Gasteiger partial charge in [-0.2, -0.15) is 5.26 Å². The van der Waals surface area contributed by atoms with Crippen LogP contribution in [0.2, 0.25) is 0 Å². The summed E-state index contributed by atoms with van der Waals surface area (Å²) in [5.41, 5.74) is 3.68. The van der Waals surface area contributed by atoms with Gasteiger partial charge in [-0.1, -0.05) is 38.1 Å². The zero-order chi connectivity index (χ0) is 17.4. The molecule has 0 aliphatic heterocycles. The van der Waals surface area contributed by atoms with Crippen LogP contribution in [0.3, 0.4) is 0 Å². The zero-order valence-corrected chi connectivity index (χ0v) is 14.2. The molecule has 0 unspecified atom stereocenters. The Hall–Kier alpha value is -2.64. The molecule has 124 valence electrons. The third-order valence-electron chi connectivity index (χ3n) is 3.52. The highest BCUT2D eigenvalue weighted by molar-refractivity contribution is 5.90. The normalized spacial score (nSPS) is 10.4. The number of rotatable bonds is 7. The molecule has 24 heavy (non-hydrogen) atoms. The van der Waals surface area contributed by atoms with Gasteiger partial charge in [0.2, 0.25) is 5.91 Å². The molecule has 4 heteroatoms. The fourth-order valence-electron chi connectivity index (χ4n) is 2.44. The number of nitriles is 1. The molecule has 0 fully saturated rings. The minimum Gasteiger partial charge on any atom is -0.326 e. The summed E-state index contributed by atoms with van der Waals surface area (Å²) in [6.45, 7) is 5.45. The van der Waals surface area contributed by atoms with Crippen molar-refractivity contribution in [1.82, 2.24) is 5.32 Å². The van der Waals surface area contributed by atoms with Gasteiger partial charge in [0.1, 0.15) is 0 Å². The number of amides is 1. The van der Waals surface area contributed by atoms with Crippen molar-refractivity contribution >= 4 is 11.6 Å². The van der Waals surface area contributed by atoms with E-state index in [1.54, 1.807) is 6.07 Å². The second-order valence-corrected chi connectivity index (χ2v) is 6.26. The van der Waals surface area contributed by atoms with Gasteiger partial charge in [-0.3, -0.25) is 4.79 Å². The van der Waals surface area contributed by atoms with Crippen molar-refractivity contribution < 1.29 is 4.79 Å². The molecule has 2 aromatic carbocycles. The number of benzene rings is 2. The van der Waals surface area contributed by atoms with Gasteiger partial charge in [-0.25, -0.2) is 0 Å². The fourth-order valence-corrected chi connectivity index (χ4v) is 2.44. The molecule has 0 atom stereocenters. The van der Waals surface area contributed by atoms with Gasteiger partial charge in [0, 0.05) is 25.2 Å². The first-order valence-corrected chi connectivity index (χ1v) is 8.15. The molecule has 2 aromatic rings. The van der Waals surface area contributed by atoms with E-state index in [1.807, 2.05) is 56.3 Å². The van der Waals surface area contributed by atoms with Crippen molar-refractivity contribution in [2.24, 2.45) is 5.92 Å². The number of carbonyl (C=O) groups excluding carboxylic acids is 1. The molecule has 0 bridgehead atoms. The molecule has 0 saturated heterocycles. The topological polar surface area (TPSA) is 64.9 Å². The maximum absolute atomic E-state index is 11.8. The molecule has 4 nitrogen and oxygen atoms in total. The summed E-state index contributed by atoms with van der Waals surface area (Å²) >= 11 is 0. The largest absolute Gasteiger partial charge is 0.326 e. The van der Waals surface area contributed by atoms with Crippen LogP contribution >= 0.6 is 0 Å². The summed E-state index contributed by atoms with van der Waals surface area (Å²) in [5, 5.41) is 15.2. The van der Waals surface area contributed by atoms with E-state index >= 15 is 0 Å². The summed E-state index contributed by atoms with van der Waals surface area (Å²) in [7, 11) is 0. The Labute approximate surface area is 143 Å². The quantitative estimate of drug-likeness (QED) is 0.814. The van der Waals surface area contributed by atoms with Crippen LogP contribution in [0.25, 0.3) is 0 Å². The Morgan fingerprint density at radius 2 is 1.75 bits per heavy atom. The number of nitrogens with one attached hydrogen (secondary N) is 2. The lowest BCUT2D eigenvalue weighted by atomic mass is 10.1. The summed E-state index contributed by atoms with van der Waals surface area (Å²) in [4.78, 5) is 11.8. The van der Waals surface area contributed by atoms with Gasteiger partial charge in [-0.15, -0.1) is 0 Å². The van der Waals surface area contributed by atoms with E-state index in [4.69, 9.17) is 5.26 Å². The first-order valence-electron chi connectivity index (χ1n) is 8.15. The molecule has 0 aliphatic rings. The molecule has 2 N–H and O–H groups in total. The highest BCUT2D eigenvalue weighted by atomic mass is 16.1. The van der Waals surface area contributed by atoms with Gasteiger partial charge >= 0.3 is 0 Å². The average molecular weight is 321 g/mol. The van der Waals surface area contributed by atoms with Gasteiger partial charge in [0.15, 0.2) is 0 Å². The summed E-state index contributed by atoms with van der Waals surface area (Å²) in [6, 6.07) is 17.6. The van der Waals surface area contributed by atoms with Gasteiger partial charge in [-0.05, 0) is 41.3 Å². The molecular weight excluding hydrogens is 298 g/mol. The Kier molecular flexibility index (Phi) is 6.53. The van der Waals surface area contributed by atoms with E-state index in [2.05, 4.69) is 16.7 Å². The van der Waals surface area contributed by atoms with Crippen LogP contribution in [-0.4, -0.2) is 5.91 Å². The Balaban J connectivity index is 1.88. The summed E-state index contributed by atoms with van der Waals surface area (Å²) < 4.78 is 0. The lowest BCUT2D eigenvalue weighted by Crippen LogP contribution is -2.15. The summed E-state index contributed by atoms with van der Waals surface area (Å²) in [6.07, 6.45) is 0.526. The second-order valence-electron chi connectivity index (χ2n) is 6.26. The molecule has 0 heterocycles. The van der Waals surface area contributed by atoms with Crippen LogP contribution in [-0.2, 0) is 17.9 Å². The monoisotopic (exact) mass is 321 g/mol. The van der Waals surface area contributed by atoms with Gasteiger partial charge < -0.3 is 10.6 Å². The number of nitrogens with zero attached hydrogens (tertiary/aromatic N) is 1. The van der Waals surface area contributed by atoms with Crippen molar-refractivity contribution in [3.63, 3.8) is 0 Å². The van der Waals surface area contributed by atoms with E-state index in [9.17, 15) is 4.79 Å². The van der Waals surface area contributed by atoms with Crippen molar-refractivity contribution in [2.75, 3.05) is 5.32 Å². The van der Waals surface area contributed by atoms with E-state index < -0.39 is 0 Å². The molecule has 0 radical (unpaired) electrons. The minimum atomic E-state index is 0.0448. The number of anilines is 1. The SMILES string of the molecule is CC(C)CC(=O)Nc1cccc(CNCc2cccc(C#N)c2)c1. The number of hydrogen-bond donors (Lipinski definition) is 2. The standard InChI is InChI=1S/C20H23N3O/c1-15(2)9-20(24)23-19-8-4-7-18(11-19)14-22-13-17-6-3-5-16(10-17)12-21/h3-8,10-11,15,22H,9,13-14H2,1-2H3,(H,23,24). The second kappa shape index (κ2) is 8.85. The maximum atomic E-state index is 11.8. The highest BCUT2D eigenvalue weighted by Crippen LogP contribution is 2.12. The van der Waals surface area contributed by atoms with Crippen molar-refractivity contribution in [2.45, 2.75) is 33.4 Å². The molecule has 1 amide bonds. The van der Waals surface area contributed by atoms with E-state index in [1.165, 1.54) is 0 Å². The van der Waals surface area contributed by atoms with Crippen LogP contribution in [0.5, 0.6) is 0 Å². The van der Waals surface area contributed by atoms with Crippen LogP contribution in [0.15, 0.2) is 48.5 Å². The molecule has 0 spiro atoms. The van der Waals surface area contributed by atoms with Crippen LogP contribution in [0.1, 0.15) is 37.0 Å². The van der Waals surface area contributed by atoms with Crippen molar-refractivity contribution in [3.05, 3.63) is 65.2 Å². The highest BCUT2D eigenvalue weighted by Gasteiger charge is 2.05. The Morgan fingerprint density at radius 1 is 1.08 bits per heavy atom. The number of hydrogen-bond acceptors (Lipinski definition) is 3. The predicted octanol–water partition coefficient (Wildman–Crippen LogP) is 3.83. The molecular formula is C20H23N3O. The van der Waals surface area contributed by atoms with E-state index in [-0.39, 0.29) is 5.91 Å². The Bertz CT molecular complexity index is 732. The first-order chi connectivity index (χ1) is 11.6. The number of carbonyl (C=O) groups is 1. The predicted molar refractivity (Wildman–Crippen MR) is 96.2 cm³/mol. The summed E-state index contributed by atoms with van der Waals surface area (Å²) in [5.74, 6) is 0.391. The minimum absolute atomic E-state index is 0.0448. The van der Waals surface area contributed by atoms with Crippen LogP contribution in [0.4, 0.5) is 5.69 Å². The third kappa shape index (κ3) is 5.86. The molecule has 0 saturated carbocycles. The molecule has 0 aliphatic carbocycles. The smallest absolute Gasteiger partial charge is 0.224 e. The molecule has 0 aromatic heterocycles.